The van der Waals surface area contributed by atoms with Crippen LogP contribution in [0.2, 0.25) is 0 Å². The average Bonchev–Trinajstić information content (AvgIpc) is 2.86. The number of carbonyl (C=O) groups excluding carboxylic acids is 3. The predicted molar refractivity (Wildman–Crippen MR) is 76.7 cm³/mol. The number of hydrogen-bond donors (Lipinski definition) is 0. The molecule has 21 heavy (non-hydrogen) atoms. The third-order valence-electron chi connectivity index (χ3n) is 3.56. The van der Waals surface area contributed by atoms with E-state index < -0.39 is 6.09 Å². The molecular weight excluding hydrogens is 270 g/mol. The van der Waals surface area contributed by atoms with Crippen molar-refractivity contribution < 1.29 is 19.1 Å². The number of benzene rings is 1. The summed E-state index contributed by atoms with van der Waals surface area (Å²) in [6, 6.07) is 9.36. The van der Waals surface area contributed by atoms with Crippen LogP contribution < -0.4 is 0 Å². The Labute approximate surface area is 123 Å². The number of Topliss-reactive ketones (excluding diaryl/α,β-unsaturated/α-hetero) is 1. The molecule has 1 aliphatic rings. The summed E-state index contributed by atoms with van der Waals surface area (Å²) in [5.41, 5.74) is 1.04. The van der Waals surface area contributed by atoms with Gasteiger partial charge in [0.1, 0.15) is 12.4 Å². The van der Waals surface area contributed by atoms with E-state index in [4.69, 9.17) is 4.74 Å². The van der Waals surface area contributed by atoms with Crippen molar-refractivity contribution in [3.05, 3.63) is 35.9 Å². The van der Waals surface area contributed by atoms with Crippen LogP contribution in [-0.2, 0) is 20.7 Å². The predicted octanol–water partition coefficient (Wildman–Crippen LogP) is 2.34. The maximum atomic E-state index is 12.1. The lowest BCUT2D eigenvalue weighted by Gasteiger charge is -2.19. The maximum absolute atomic E-state index is 12.1. The summed E-state index contributed by atoms with van der Waals surface area (Å²) in [5.74, 6) is -0.309. The molecule has 5 heteroatoms. The standard InChI is InChI=1S/C16H19NO4/c1-2-14(18)8-9-15(19)17-13(11-21-16(17)20)10-12-6-4-3-5-7-12/h3-7,13H,2,8-11H2,1H3/t13-/m1/s1. The number of cyclic esters (lactones) is 1. The molecule has 0 radical (unpaired) electrons. The number of ketones is 1. The van der Waals surface area contributed by atoms with Crippen LogP contribution in [-0.4, -0.2) is 35.3 Å². The second kappa shape index (κ2) is 7.02. The molecule has 1 aromatic carbocycles. The van der Waals surface area contributed by atoms with Gasteiger partial charge in [0.15, 0.2) is 0 Å². The van der Waals surface area contributed by atoms with E-state index in [-0.39, 0.29) is 37.2 Å². The van der Waals surface area contributed by atoms with Gasteiger partial charge in [0, 0.05) is 19.3 Å². The monoisotopic (exact) mass is 289 g/mol. The third kappa shape index (κ3) is 3.90. The number of imide groups is 1. The van der Waals surface area contributed by atoms with Gasteiger partial charge in [0.2, 0.25) is 5.91 Å². The molecule has 2 amide bonds. The minimum atomic E-state index is -0.607. The molecule has 5 nitrogen and oxygen atoms in total. The summed E-state index contributed by atoms with van der Waals surface area (Å²) >= 11 is 0. The topological polar surface area (TPSA) is 63.7 Å². The first-order valence-electron chi connectivity index (χ1n) is 7.16. The Bertz CT molecular complexity index is 526. The minimum Gasteiger partial charge on any atom is -0.447 e. The smallest absolute Gasteiger partial charge is 0.416 e. The molecule has 0 unspecified atom stereocenters. The van der Waals surface area contributed by atoms with Crippen molar-refractivity contribution in [2.75, 3.05) is 6.61 Å². The molecule has 1 aromatic rings. The summed E-state index contributed by atoms with van der Waals surface area (Å²) in [4.78, 5) is 36.3. The lowest BCUT2D eigenvalue weighted by Crippen LogP contribution is -2.40. The van der Waals surface area contributed by atoms with Gasteiger partial charge in [0.25, 0.3) is 0 Å². The zero-order valence-electron chi connectivity index (χ0n) is 12.1. The van der Waals surface area contributed by atoms with Crippen LogP contribution >= 0.6 is 0 Å². The van der Waals surface area contributed by atoms with E-state index in [1.165, 1.54) is 0 Å². The number of ether oxygens (including phenoxy) is 1. The van der Waals surface area contributed by atoms with Gasteiger partial charge in [-0.3, -0.25) is 9.59 Å². The molecule has 0 N–H and O–H groups in total. The first-order valence-corrected chi connectivity index (χ1v) is 7.16. The first kappa shape index (κ1) is 15.2. The molecule has 1 heterocycles. The summed E-state index contributed by atoms with van der Waals surface area (Å²) < 4.78 is 4.99. The Morgan fingerprint density at radius 3 is 2.62 bits per heavy atom. The molecule has 0 aliphatic carbocycles. The largest absolute Gasteiger partial charge is 0.447 e. The minimum absolute atomic E-state index is 0.0236. The van der Waals surface area contributed by atoms with Crippen molar-refractivity contribution in [3.63, 3.8) is 0 Å². The molecule has 1 aliphatic heterocycles. The van der Waals surface area contributed by atoms with Crippen molar-refractivity contribution >= 4 is 17.8 Å². The van der Waals surface area contributed by atoms with Gasteiger partial charge in [-0.1, -0.05) is 37.3 Å². The fourth-order valence-electron chi connectivity index (χ4n) is 2.35. The number of rotatable bonds is 6. The van der Waals surface area contributed by atoms with Gasteiger partial charge in [-0.15, -0.1) is 0 Å². The van der Waals surface area contributed by atoms with Gasteiger partial charge in [-0.2, -0.15) is 0 Å². The molecular formula is C16H19NO4. The molecule has 1 fully saturated rings. The van der Waals surface area contributed by atoms with Crippen molar-refractivity contribution in [1.82, 2.24) is 4.90 Å². The highest BCUT2D eigenvalue weighted by atomic mass is 16.6. The van der Waals surface area contributed by atoms with E-state index >= 15 is 0 Å². The quantitative estimate of drug-likeness (QED) is 0.806. The van der Waals surface area contributed by atoms with Crippen LogP contribution in [0.4, 0.5) is 4.79 Å². The van der Waals surface area contributed by atoms with E-state index in [0.29, 0.717) is 12.8 Å². The van der Waals surface area contributed by atoms with Gasteiger partial charge >= 0.3 is 6.09 Å². The van der Waals surface area contributed by atoms with Gasteiger partial charge in [0.05, 0.1) is 6.04 Å². The highest BCUT2D eigenvalue weighted by molar-refractivity contribution is 5.95. The van der Waals surface area contributed by atoms with Crippen molar-refractivity contribution in [2.24, 2.45) is 0 Å². The Kier molecular flexibility index (Phi) is 5.09. The molecule has 112 valence electrons. The average molecular weight is 289 g/mol. The SMILES string of the molecule is CCC(=O)CCC(=O)N1C(=O)OC[C@H]1Cc1ccccc1. The number of amides is 2. The molecule has 0 aromatic heterocycles. The van der Waals surface area contributed by atoms with E-state index in [2.05, 4.69) is 0 Å². The van der Waals surface area contributed by atoms with E-state index in [9.17, 15) is 14.4 Å². The van der Waals surface area contributed by atoms with E-state index in [0.717, 1.165) is 10.5 Å². The lowest BCUT2D eigenvalue weighted by molar-refractivity contribution is -0.131. The fourth-order valence-corrected chi connectivity index (χ4v) is 2.35. The summed E-state index contributed by atoms with van der Waals surface area (Å²) in [6.07, 6.45) is 0.611. The normalized spacial score (nSPS) is 17.7. The molecule has 1 saturated heterocycles. The Morgan fingerprint density at radius 2 is 1.95 bits per heavy atom. The highest BCUT2D eigenvalue weighted by Gasteiger charge is 2.37. The third-order valence-corrected chi connectivity index (χ3v) is 3.56. The van der Waals surface area contributed by atoms with Gasteiger partial charge in [-0.05, 0) is 12.0 Å². The Hall–Kier alpha value is -2.17. The Morgan fingerprint density at radius 1 is 1.24 bits per heavy atom. The van der Waals surface area contributed by atoms with Crippen LogP contribution in [0.3, 0.4) is 0 Å². The van der Waals surface area contributed by atoms with Crippen LogP contribution in [0.5, 0.6) is 0 Å². The van der Waals surface area contributed by atoms with Crippen LogP contribution in [0.1, 0.15) is 31.7 Å². The van der Waals surface area contributed by atoms with Gasteiger partial charge < -0.3 is 4.74 Å². The molecule has 0 spiro atoms. The second-order valence-corrected chi connectivity index (χ2v) is 5.08. The maximum Gasteiger partial charge on any atom is 0.416 e. The van der Waals surface area contributed by atoms with E-state index in [1.807, 2.05) is 30.3 Å². The van der Waals surface area contributed by atoms with Crippen LogP contribution in [0.15, 0.2) is 30.3 Å². The van der Waals surface area contributed by atoms with Crippen molar-refractivity contribution in [2.45, 2.75) is 38.6 Å². The molecule has 0 bridgehead atoms. The van der Waals surface area contributed by atoms with Crippen molar-refractivity contribution in [1.29, 1.82) is 0 Å². The molecule has 2 rings (SSSR count). The zero-order chi connectivity index (χ0) is 15.2. The molecule has 1 atom stereocenters. The summed E-state index contributed by atoms with van der Waals surface area (Å²) in [6.45, 7) is 1.97. The van der Waals surface area contributed by atoms with Gasteiger partial charge in [-0.25, -0.2) is 9.69 Å². The lowest BCUT2D eigenvalue weighted by atomic mass is 10.1. The highest BCUT2D eigenvalue weighted by Crippen LogP contribution is 2.19. The molecule has 0 saturated carbocycles. The number of carbonyl (C=O) groups is 3. The Balaban J connectivity index is 1.99. The number of nitrogens with zero attached hydrogens (tertiary/aromatic N) is 1. The van der Waals surface area contributed by atoms with Crippen LogP contribution in [0.25, 0.3) is 0 Å². The number of hydrogen-bond acceptors (Lipinski definition) is 4. The van der Waals surface area contributed by atoms with Crippen LogP contribution in [0, 0.1) is 0 Å². The summed E-state index contributed by atoms with van der Waals surface area (Å²) in [7, 11) is 0. The zero-order valence-corrected chi connectivity index (χ0v) is 12.1. The van der Waals surface area contributed by atoms with Crippen molar-refractivity contribution in [3.8, 4) is 0 Å². The summed E-state index contributed by atoms with van der Waals surface area (Å²) in [5, 5.41) is 0. The second-order valence-electron chi connectivity index (χ2n) is 5.08. The fraction of sp³-hybridized carbons (Fsp3) is 0.438. The first-order chi connectivity index (χ1) is 10.1. The van der Waals surface area contributed by atoms with E-state index in [1.54, 1.807) is 6.92 Å².